The van der Waals surface area contributed by atoms with Gasteiger partial charge in [-0.15, -0.1) is 0 Å². The fraction of sp³-hybridized carbons (Fsp3) is 0.632. The van der Waals surface area contributed by atoms with Crippen molar-refractivity contribution in [2.24, 2.45) is 0 Å². The highest BCUT2D eigenvalue weighted by atomic mass is 32.1. The Hall–Kier alpha value is -1.33. The summed E-state index contributed by atoms with van der Waals surface area (Å²) in [5.41, 5.74) is 0.990. The van der Waals surface area contributed by atoms with Gasteiger partial charge in [0.1, 0.15) is 5.75 Å². The first-order valence-electron chi connectivity index (χ1n) is 9.06. The predicted octanol–water partition coefficient (Wildman–Crippen LogP) is 3.73. The maximum absolute atomic E-state index is 5.68. The van der Waals surface area contributed by atoms with Crippen LogP contribution in [-0.2, 0) is 0 Å². The van der Waals surface area contributed by atoms with E-state index < -0.39 is 0 Å². The summed E-state index contributed by atoms with van der Waals surface area (Å²) in [7, 11) is 1.69. The lowest BCUT2D eigenvalue weighted by molar-refractivity contribution is 0.0951. The van der Waals surface area contributed by atoms with Gasteiger partial charge in [0, 0.05) is 43.0 Å². The van der Waals surface area contributed by atoms with Crippen LogP contribution in [0.1, 0.15) is 39.5 Å². The molecule has 0 aromatic heterocycles. The Morgan fingerprint density at radius 2 is 1.96 bits per heavy atom. The van der Waals surface area contributed by atoms with E-state index >= 15 is 0 Å². The van der Waals surface area contributed by atoms with Crippen LogP contribution in [0.2, 0.25) is 0 Å². The molecule has 3 rings (SSSR count). The van der Waals surface area contributed by atoms with Crippen LogP contribution in [0.5, 0.6) is 5.75 Å². The van der Waals surface area contributed by atoms with Crippen molar-refractivity contribution in [2.45, 2.75) is 57.7 Å². The molecule has 1 aromatic rings. The summed E-state index contributed by atoms with van der Waals surface area (Å²) in [5, 5.41) is 4.21. The summed E-state index contributed by atoms with van der Waals surface area (Å²) in [6, 6.07) is 9.96. The monoisotopic (exact) mass is 347 g/mol. The van der Waals surface area contributed by atoms with Crippen LogP contribution >= 0.6 is 12.2 Å². The molecule has 0 bridgehead atoms. The largest absolute Gasteiger partial charge is 0.497 e. The highest BCUT2D eigenvalue weighted by Gasteiger charge is 2.35. The SMILES string of the molecule is COc1cccc(NC(=S)N2CCCC(N3C(C)CCC3C)C2)c1. The Kier molecular flexibility index (Phi) is 5.61. The van der Waals surface area contributed by atoms with E-state index in [4.69, 9.17) is 17.0 Å². The van der Waals surface area contributed by atoms with E-state index in [0.717, 1.165) is 29.6 Å². The van der Waals surface area contributed by atoms with E-state index in [9.17, 15) is 0 Å². The molecular weight excluding hydrogens is 318 g/mol. The van der Waals surface area contributed by atoms with E-state index in [1.54, 1.807) is 7.11 Å². The number of ether oxygens (including phenoxy) is 1. The normalized spacial score (nSPS) is 28.0. The summed E-state index contributed by atoms with van der Waals surface area (Å²) in [4.78, 5) is 5.06. The van der Waals surface area contributed by atoms with Gasteiger partial charge < -0.3 is 15.0 Å². The van der Waals surface area contributed by atoms with Gasteiger partial charge >= 0.3 is 0 Å². The van der Waals surface area contributed by atoms with Gasteiger partial charge in [-0.05, 0) is 63.9 Å². The first-order valence-corrected chi connectivity index (χ1v) is 9.46. The van der Waals surface area contributed by atoms with E-state index in [1.807, 2.05) is 24.3 Å². The summed E-state index contributed by atoms with van der Waals surface area (Å²) < 4.78 is 5.29. The minimum Gasteiger partial charge on any atom is -0.497 e. The number of methoxy groups -OCH3 is 1. The number of likely N-dealkylation sites (tertiary alicyclic amines) is 2. The third-order valence-electron chi connectivity index (χ3n) is 5.45. The third-order valence-corrected chi connectivity index (χ3v) is 5.81. The second kappa shape index (κ2) is 7.70. The molecule has 2 aliphatic heterocycles. The zero-order chi connectivity index (χ0) is 17.1. The molecule has 2 saturated heterocycles. The molecular formula is C19H29N3OS. The quantitative estimate of drug-likeness (QED) is 0.841. The van der Waals surface area contributed by atoms with Gasteiger partial charge in [-0.2, -0.15) is 0 Å². The first-order chi connectivity index (χ1) is 11.6. The molecule has 24 heavy (non-hydrogen) atoms. The minimum atomic E-state index is 0.622. The predicted molar refractivity (Wildman–Crippen MR) is 104 cm³/mol. The smallest absolute Gasteiger partial charge is 0.173 e. The maximum Gasteiger partial charge on any atom is 0.173 e. The lowest BCUT2D eigenvalue weighted by atomic mass is 10.0. The molecule has 0 saturated carbocycles. The Morgan fingerprint density at radius 1 is 1.21 bits per heavy atom. The molecule has 2 heterocycles. The average molecular weight is 348 g/mol. The molecule has 4 nitrogen and oxygen atoms in total. The molecule has 3 atom stereocenters. The van der Waals surface area contributed by atoms with Crippen LogP contribution in [0.15, 0.2) is 24.3 Å². The van der Waals surface area contributed by atoms with Crippen molar-refractivity contribution >= 4 is 23.0 Å². The third kappa shape index (κ3) is 3.83. The van der Waals surface area contributed by atoms with Crippen LogP contribution in [0.25, 0.3) is 0 Å². The van der Waals surface area contributed by atoms with Crippen LogP contribution in [0.4, 0.5) is 5.69 Å². The number of hydrogen-bond donors (Lipinski definition) is 1. The molecule has 0 radical (unpaired) electrons. The van der Waals surface area contributed by atoms with Gasteiger partial charge in [-0.25, -0.2) is 0 Å². The van der Waals surface area contributed by atoms with Crippen LogP contribution in [0.3, 0.4) is 0 Å². The topological polar surface area (TPSA) is 27.7 Å². The molecule has 2 aliphatic rings. The van der Waals surface area contributed by atoms with Gasteiger partial charge in [0.05, 0.1) is 7.11 Å². The molecule has 3 unspecified atom stereocenters. The second-order valence-electron chi connectivity index (χ2n) is 7.13. The Labute approximate surface area is 151 Å². The van der Waals surface area contributed by atoms with E-state index in [0.29, 0.717) is 18.1 Å². The number of thiocarbonyl (C=S) groups is 1. The van der Waals surface area contributed by atoms with Crippen LogP contribution in [0, 0.1) is 0 Å². The van der Waals surface area contributed by atoms with Crippen molar-refractivity contribution in [1.82, 2.24) is 9.80 Å². The fourth-order valence-corrected chi connectivity index (χ4v) is 4.50. The summed E-state index contributed by atoms with van der Waals surface area (Å²) in [5.74, 6) is 0.846. The molecule has 132 valence electrons. The number of hydrogen-bond acceptors (Lipinski definition) is 3. The molecule has 1 aromatic carbocycles. The fourth-order valence-electron chi connectivity index (χ4n) is 4.22. The zero-order valence-corrected chi connectivity index (χ0v) is 15.8. The lowest BCUT2D eigenvalue weighted by Crippen LogP contribution is -2.53. The van der Waals surface area contributed by atoms with Gasteiger partial charge in [-0.1, -0.05) is 6.07 Å². The Bertz CT molecular complexity index is 569. The molecule has 5 heteroatoms. The molecule has 0 aliphatic carbocycles. The van der Waals surface area contributed by atoms with Crippen molar-refractivity contribution in [3.63, 3.8) is 0 Å². The van der Waals surface area contributed by atoms with Gasteiger partial charge in [0.25, 0.3) is 0 Å². The standard InChI is InChI=1S/C19H29N3OS/c1-14-9-10-15(2)22(14)17-7-5-11-21(13-17)19(24)20-16-6-4-8-18(12-16)23-3/h4,6,8,12,14-15,17H,5,7,9-11,13H2,1-3H3,(H,20,24). The number of anilines is 1. The van der Waals surface area contributed by atoms with Crippen molar-refractivity contribution in [3.05, 3.63) is 24.3 Å². The van der Waals surface area contributed by atoms with Crippen LogP contribution < -0.4 is 10.1 Å². The van der Waals surface area contributed by atoms with Crippen molar-refractivity contribution in [3.8, 4) is 5.75 Å². The number of rotatable bonds is 3. The maximum atomic E-state index is 5.68. The van der Waals surface area contributed by atoms with Crippen molar-refractivity contribution < 1.29 is 4.74 Å². The zero-order valence-electron chi connectivity index (χ0n) is 15.0. The lowest BCUT2D eigenvalue weighted by Gasteiger charge is -2.42. The number of benzene rings is 1. The molecule has 0 spiro atoms. The number of piperidine rings is 1. The van der Waals surface area contributed by atoms with Gasteiger partial charge in [-0.3, -0.25) is 4.90 Å². The highest BCUT2D eigenvalue weighted by Crippen LogP contribution is 2.30. The molecule has 2 fully saturated rings. The van der Waals surface area contributed by atoms with E-state index in [2.05, 4.69) is 29.0 Å². The summed E-state index contributed by atoms with van der Waals surface area (Å²) in [6.45, 7) is 6.82. The van der Waals surface area contributed by atoms with Gasteiger partial charge in [0.2, 0.25) is 0 Å². The summed E-state index contributed by atoms with van der Waals surface area (Å²) in [6.07, 6.45) is 5.14. The number of nitrogens with one attached hydrogen (secondary N) is 1. The van der Waals surface area contributed by atoms with Crippen molar-refractivity contribution in [1.29, 1.82) is 0 Å². The minimum absolute atomic E-state index is 0.622. The van der Waals surface area contributed by atoms with E-state index in [-0.39, 0.29) is 0 Å². The number of nitrogens with zero attached hydrogens (tertiary/aromatic N) is 2. The van der Waals surface area contributed by atoms with Crippen LogP contribution in [-0.4, -0.2) is 53.2 Å². The van der Waals surface area contributed by atoms with Gasteiger partial charge in [0.15, 0.2) is 5.11 Å². The molecule has 1 N–H and O–H groups in total. The average Bonchev–Trinajstić information content (AvgIpc) is 2.93. The first kappa shape index (κ1) is 17.5. The summed E-state index contributed by atoms with van der Waals surface area (Å²) >= 11 is 5.68. The highest BCUT2D eigenvalue weighted by molar-refractivity contribution is 7.80. The van der Waals surface area contributed by atoms with E-state index in [1.165, 1.54) is 25.7 Å². The molecule has 0 amide bonds. The Balaban J connectivity index is 1.62. The second-order valence-corrected chi connectivity index (χ2v) is 7.51. The Morgan fingerprint density at radius 3 is 2.67 bits per heavy atom. The van der Waals surface area contributed by atoms with Crippen molar-refractivity contribution in [2.75, 3.05) is 25.5 Å².